The van der Waals surface area contributed by atoms with Crippen molar-refractivity contribution >= 4 is 32.5 Å². The molecule has 0 saturated carbocycles. The van der Waals surface area contributed by atoms with Crippen molar-refractivity contribution in [3.05, 3.63) is 94.4 Å². The molecule has 0 saturated heterocycles. The maximum Gasteiger partial charge on any atom is 0.244 e. The van der Waals surface area contributed by atoms with E-state index < -0.39 is 20.2 Å². The number of pyridine rings is 2. The summed E-state index contributed by atoms with van der Waals surface area (Å²) in [6.45, 7) is 3.55. The molecule has 8 heteroatoms. The van der Waals surface area contributed by atoms with E-state index in [1.807, 2.05) is 31.2 Å². The summed E-state index contributed by atoms with van der Waals surface area (Å²) in [6.07, 6.45) is 1.96. The van der Waals surface area contributed by atoms with Crippen molar-refractivity contribution < 1.29 is 13.2 Å². The molecule has 4 aromatic rings. The number of fused-ring (bicyclic) bond motifs is 1. The lowest BCUT2D eigenvalue weighted by atomic mass is 10.1. The number of carbonyl (C=O) groups is 1. The Balaban J connectivity index is 1.82. The lowest BCUT2D eigenvalue weighted by Gasteiger charge is -2.15. The zero-order valence-electron chi connectivity index (χ0n) is 18.3. The fourth-order valence-corrected chi connectivity index (χ4v) is 5.06. The number of aromatic nitrogens is 2. The molecular formula is C25H23N3O4S. The Morgan fingerprint density at radius 2 is 1.70 bits per heavy atom. The van der Waals surface area contributed by atoms with Gasteiger partial charge >= 0.3 is 0 Å². The predicted octanol–water partition coefficient (Wildman–Crippen LogP) is 3.74. The fourth-order valence-electron chi connectivity index (χ4n) is 3.67. The van der Waals surface area contributed by atoms with Gasteiger partial charge in [-0.2, -0.15) is 0 Å². The first-order valence-corrected chi connectivity index (χ1v) is 12.0. The van der Waals surface area contributed by atoms with Gasteiger partial charge in [-0.15, -0.1) is 0 Å². The summed E-state index contributed by atoms with van der Waals surface area (Å²) in [5.41, 5.74) is 1.93. The van der Waals surface area contributed by atoms with Crippen molar-refractivity contribution in [2.24, 2.45) is 0 Å². The highest BCUT2D eigenvalue weighted by molar-refractivity contribution is 7.91. The number of benzene rings is 2. The van der Waals surface area contributed by atoms with Gasteiger partial charge in [0.25, 0.3) is 0 Å². The zero-order valence-corrected chi connectivity index (χ0v) is 19.1. The molecular weight excluding hydrogens is 438 g/mol. The van der Waals surface area contributed by atoms with Gasteiger partial charge in [0.1, 0.15) is 17.1 Å². The molecule has 0 atom stereocenters. The summed E-state index contributed by atoms with van der Waals surface area (Å²) < 4.78 is 27.9. The van der Waals surface area contributed by atoms with Gasteiger partial charge in [0.15, 0.2) is 0 Å². The number of hydrogen-bond donors (Lipinski definition) is 1. The molecule has 0 aliphatic rings. The van der Waals surface area contributed by atoms with Gasteiger partial charge in [-0.1, -0.05) is 43.3 Å². The number of anilines is 1. The van der Waals surface area contributed by atoms with E-state index in [0.717, 1.165) is 12.0 Å². The molecule has 4 rings (SSSR count). The quantitative estimate of drug-likeness (QED) is 0.472. The van der Waals surface area contributed by atoms with Crippen LogP contribution in [0.5, 0.6) is 0 Å². The molecule has 0 aliphatic heterocycles. The fraction of sp³-hybridized carbons (Fsp3) is 0.160. The molecule has 2 aromatic carbocycles. The van der Waals surface area contributed by atoms with E-state index in [-0.39, 0.29) is 28.4 Å². The van der Waals surface area contributed by atoms with Crippen molar-refractivity contribution in [3.8, 4) is 0 Å². The number of carbonyl (C=O) groups excluding carboxylic acids is 1. The molecule has 2 heterocycles. The number of nitrogens with one attached hydrogen (secondary N) is 1. The first-order valence-electron chi connectivity index (χ1n) is 10.5. The highest BCUT2D eigenvalue weighted by Gasteiger charge is 2.24. The average Bonchev–Trinajstić information content (AvgIpc) is 2.81. The minimum absolute atomic E-state index is 0.00870. The van der Waals surface area contributed by atoms with Gasteiger partial charge in [0.05, 0.1) is 10.3 Å². The third kappa shape index (κ3) is 4.42. The first kappa shape index (κ1) is 22.4. The van der Waals surface area contributed by atoms with E-state index in [9.17, 15) is 18.0 Å². The van der Waals surface area contributed by atoms with Gasteiger partial charge in [-0.05, 0) is 49.2 Å². The van der Waals surface area contributed by atoms with Crippen LogP contribution in [-0.2, 0) is 27.6 Å². The monoisotopic (exact) mass is 461 g/mol. The van der Waals surface area contributed by atoms with Gasteiger partial charge < -0.3 is 9.88 Å². The molecule has 0 fully saturated rings. The number of para-hydroxylation sites is 1. The van der Waals surface area contributed by atoms with Crippen molar-refractivity contribution in [3.63, 3.8) is 0 Å². The molecule has 168 valence electrons. The van der Waals surface area contributed by atoms with Crippen LogP contribution >= 0.6 is 0 Å². The van der Waals surface area contributed by atoms with Gasteiger partial charge in [0.2, 0.25) is 21.2 Å². The second-order valence-electron chi connectivity index (χ2n) is 7.65. The molecule has 7 nitrogen and oxygen atoms in total. The van der Waals surface area contributed by atoms with Crippen LogP contribution in [-0.4, -0.2) is 23.9 Å². The Hall–Kier alpha value is -3.78. The van der Waals surface area contributed by atoms with E-state index in [1.54, 1.807) is 37.3 Å². The van der Waals surface area contributed by atoms with Crippen molar-refractivity contribution in [1.82, 2.24) is 9.55 Å². The normalized spacial score (nSPS) is 11.5. The highest BCUT2D eigenvalue weighted by Crippen LogP contribution is 2.21. The Morgan fingerprint density at radius 3 is 2.42 bits per heavy atom. The molecule has 0 aliphatic carbocycles. The summed E-state index contributed by atoms with van der Waals surface area (Å²) in [6, 6.07) is 18.4. The first-order chi connectivity index (χ1) is 15.8. The van der Waals surface area contributed by atoms with Crippen LogP contribution in [0, 0.1) is 6.92 Å². The Bertz CT molecular complexity index is 1510. The SMILES string of the molecule is CCc1ccccc1NC(=O)Cn1cc(S(=O)(=O)c2ccccc2)c(=O)c2ccc(C)nc21. The van der Waals surface area contributed by atoms with Crippen LogP contribution in [0.25, 0.3) is 11.0 Å². The summed E-state index contributed by atoms with van der Waals surface area (Å²) >= 11 is 0. The summed E-state index contributed by atoms with van der Waals surface area (Å²) in [7, 11) is -4.09. The minimum atomic E-state index is -4.09. The van der Waals surface area contributed by atoms with Crippen LogP contribution in [0.15, 0.2) is 87.5 Å². The molecule has 1 amide bonds. The average molecular weight is 462 g/mol. The van der Waals surface area contributed by atoms with Crippen molar-refractivity contribution in [1.29, 1.82) is 0 Å². The van der Waals surface area contributed by atoms with Crippen molar-refractivity contribution in [2.45, 2.75) is 36.6 Å². The van der Waals surface area contributed by atoms with E-state index in [1.165, 1.54) is 22.9 Å². The zero-order chi connectivity index (χ0) is 23.6. The highest BCUT2D eigenvalue weighted by atomic mass is 32.2. The largest absolute Gasteiger partial charge is 0.324 e. The minimum Gasteiger partial charge on any atom is -0.324 e. The third-order valence-corrected chi connectivity index (χ3v) is 7.12. The summed E-state index contributed by atoms with van der Waals surface area (Å²) in [4.78, 5) is 30.1. The van der Waals surface area contributed by atoms with Gasteiger partial charge in [-0.3, -0.25) is 9.59 Å². The van der Waals surface area contributed by atoms with Crippen LogP contribution < -0.4 is 10.7 Å². The number of sulfone groups is 1. The predicted molar refractivity (Wildman–Crippen MR) is 127 cm³/mol. The lowest BCUT2D eigenvalue weighted by molar-refractivity contribution is -0.116. The molecule has 33 heavy (non-hydrogen) atoms. The standard InChI is InChI=1S/C25H23N3O4S/c1-3-18-9-7-8-12-21(18)27-23(29)16-28-15-22(33(31,32)19-10-5-4-6-11-19)24(30)20-14-13-17(2)26-25(20)28/h4-15H,3,16H2,1-2H3,(H,27,29). The van der Waals surface area contributed by atoms with Crippen molar-refractivity contribution in [2.75, 3.05) is 5.32 Å². The number of nitrogens with zero attached hydrogens (tertiary/aromatic N) is 2. The summed E-state index contributed by atoms with van der Waals surface area (Å²) in [5, 5.41) is 3.02. The summed E-state index contributed by atoms with van der Waals surface area (Å²) in [5.74, 6) is -0.354. The number of aryl methyl sites for hydroxylation is 2. The molecule has 0 spiro atoms. The molecule has 0 radical (unpaired) electrons. The smallest absolute Gasteiger partial charge is 0.244 e. The topological polar surface area (TPSA) is 98.1 Å². The van der Waals surface area contributed by atoms with Crippen LogP contribution in [0.1, 0.15) is 18.2 Å². The Labute approximate surface area is 191 Å². The second kappa shape index (κ2) is 8.99. The van der Waals surface area contributed by atoms with E-state index >= 15 is 0 Å². The van der Waals surface area contributed by atoms with Crippen LogP contribution in [0.2, 0.25) is 0 Å². The van der Waals surface area contributed by atoms with E-state index in [2.05, 4.69) is 10.3 Å². The lowest BCUT2D eigenvalue weighted by Crippen LogP contribution is -2.24. The van der Waals surface area contributed by atoms with E-state index in [4.69, 9.17) is 0 Å². The van der Waals surface area contributed by atoms with Gasteiger partial charge in [0, 0.05) is 17.6 Å². The van der Waals surface area contributed by atoms with Crippen LogP contribution in [0.3, 0.4) is 0 Å². The molecule has 2 aromatic heterocycles. The third-order valence-electron chi connectivity index (χ3n) is 5.36. The van der Waals surface area contributed by atoms with E-state index in [0.29, 0.717) is 11.4 Å². The Morgan fingerprint density at radius 1 is 1.00 bits per heavy atom. The second-order valence-corrected chi connectivity index (χ2v) is 9.57. The number of rotatable bonds is 6. The number of amides is 1. The molecule has 0 unspecified atom stereocenters. The molecule has 0 bridgehead atoms. The maximum absolute atomic E-state index is 13.2. The maximum atomic E-state index is 13.2. The van der Waals surface area contributed by atoms with Gasteiger partial charge in [-0.25, -0.2) is 13.4 Å². The Kier molecular flexibility index (Phi) is 6.11. The number of hydrogen-bond acceptors (Lipinski definition) is 5. The molecule has 1 N–H and O–H groups in total. The van der Waals surface area contributed by atoms with Crippen LogP contribution in [0.4, 0.5) is 5.69 Å².